The zero-order valence-corrected chi connectivity index (χ0v) is 14.6. The molecule has 130 valence electrons. The summed E-state index contributed by atoms with van der Waals surface area (Å²) in [5, 5.41) is 3.17. The van der Waals surface area contributed by atoms with Gasteiger partial charge >= 0.3 is 0 Å². The highest BCUT2D eigenvalue weighted by Crippen LogP contribution is 2.26. The van der Waals surface area contributed by atoms with Crippen LogP contribution in [-0.4, -0.2) is 54.3 Å². The normalized spacial score (nSPS) is 24.0. The van der Waals surface area contributed by atoms with E-state index in [0.29, 0.717) is 19.5 Å². The van der Waals surface area contributed by atoms with Gasteiger partial charge in [-0.25, -0.2) is 0 Å². The van der Waals surface area contributed by atoms with E-state index in [9.17, 15) is 9.59 Å². The van der Waals surface area contributed by atoms with Gasteiger partial charge in [-0.05, 0) is 32.4 Å². The van der Waals surface area contributed by atoms with E-state index < -0.39 is 0 Å². The van der Waals surface area contributed by atoms with Gasteiger partial charge in [0.2, 0.25) is 11.8 Å². The number of hydrogen-bond acceptors (Lipinski definition) is 3. The highest BCUT2D eigenvalue weighted by molar-refractivity contribution is 5.89. The molecule has 0 spiro atoms. The van der Waals surface area contributed by atoms with Gasteiger partial charge in [-0.3, -0.25) is 9.59 Å². The number of likely N-dealkylation sites (tertiary alicyclic amines) is 2. The Hall–Kier alpha value is -1.88. The maximum Gasteiger partial charge on any atom is 0.228 e. The van der Waals surface area contributed by atoms with Crippen molar-refractivity contribution in [2.24, 2.45) is 5.92 Å². The molecule has 3 rings (SSSR count). The molecule has 2 fully saturated rings. The lowest BCUT2D eigenvalue weighted by Crippen LogP contribution is -2.44. The van der Waals surface area contributed by atoms with Crippen LogP contribution in [0.3, 0.4) is 0 Å². The van der Waals surface area contributed by atoms with Crippen molar-refractivity contribution in [2.75, 3.05) is 26.7 Å². The van der Waals surface area contributed by atoms with Gasteiger partial charge in [0.1, 0.15) is 0 Å². The molecule has 2 atom stereocenters. The SMILES string of the molecule is CNCC1CCCN1C(=O)C1CC(=O)N(Cc2ccc(C)cc2)C1. The summed E-state index contributed by atoms with van der Waals surface area (Å²) >= 11 is 0. The Morgan fingerprint density at radius 2 is 2.04 bits per heavy atom. The molecule has 0 aliphatic carbocycles. The number of benzene rings is 1. The maximum absolute atomic E-state index is 12.8. The van der Waals surface area contributed by atoms with Crippen molar-refractivity contribution in [2.45, 2.75) is 38.8 Å². The first-order valence-corrected chi connectivity index (χ1v) is 8.87. The quantitative estimate of drug-likeness (QED) is 0.892. The molecule has 0 aromatic heterocycles. The van der Waals surface area contributed by atoms with Crippen molar-refractivity contribution in [3.05, 3.63) is 35.4 Å². The summed E-state index contributed by atoms with van der Waals surface area (Å²) in [7, 11) is 1.92. The molecule has 2 amide bonds. The second kappa shape index (κ2) is 7.34. The molecule has 2 aliphatic heterocycles. The van der Waals surface area contributed by atoms with E-state index in [1.807, 2.05) is 16.8 Å². The summed E-state index contributed by atoms with van der Waals surface area (Å²) in [6.07, 6.45) is 2.47. The Kier molecular flexibility index (Phi) is 5.19. The number of nitrogens with one attached hydrogen (secondary N) is 1. The Morgan fingerprint density at radius 3 is 2.75 bits per heavy atom. The molecule has 1 N–H and O–H groups in total. The van der Waals surface area contributed by atoms with Gasteiger partial charge in [0.05, 0.1) is 5.92 Å². The van der Waals surface area contributed by atoms with Crippen molar-refractivity contribution in [3.63, 3.8) is 0 Å². The van der Waals surface area contributed by atoms with Crippen molar-refractivity contribution < 1.29 is 9.59 Å². The third kappa shape index (κ3) is 3.61. The smallest absolute Gasteiger partial charge is 0.228 e. The Bertz CT molecular complexity index is 599. The van der Waals surface area contributed by atoms with Crippen LogP contribution in [0.25, 0.3) is 0 Å². The fraction of sp³-hybridized carbons (Fsp3) is 0.579. The zero-order valence-electron chi connectivity index (χ0n) is 14.6. The third-order valence-electron chi connectivity index (χ3n) is 5.16. The van der Waals surface area contributed by atoms with Gasteiger partial charge in [0, 0.05) is 38.6 Å². The Labute approximate surface area is 144 Å². The van der Waals surface area contributed by atoms with Gasteiger partial charge in [-0.15, -0.1) is 0 Å². The van der Waals surface area contributed by atoms with Crippen molar-refractivity contribution in [1.82, 2.24) is 15.1 Å². The third-order valence-corrected chi connectivity index (χ3v) is 5.16. The van der Waals surface area contributed by atoms with Gasteiger partial charge in [-0.2, -0.15) is 0 Å². The van der Waals surface area contributed by atoms with Crippen LogP contribution in [0.4, 0.5) is 0 Å². The summed E-state index contributed by atoms with van der Waals surface area (Å²) in [4.78, 5) is 29.0. The number of carbonyl (C=O) groups is 2. The monoisotopic (exact) mass is 329 g/mol. The molecule has 1 aromatic rings. The topological polar surface area (TPSA) is 52.7 Å². The second-order valence-electron chi connectivity index (χ2n) is 7.05. The van der Waals surface area contributed by atoms with E-state index in [4.69, 9.17) is 0 Å². The molecule has 24 heavy (non-hydrogen) atoms. The molecular weight excluding hydrogens is 302 g/mol. The van der Waals surface area contributed by atoms with Crippen LogP contribution in [0, 0.1) is 12.8 Å². The predicted octanol–water partition coefficient (Wildman–Crippen LogP) is 1.55. The lowest BCUT2D eigenvalue weighted by Gasteiger charge is -2.27. The summed E-state index contributed by atoms with van der Waals surface area (Å²) in [5.74, 6) is 0.0752. The predicted molar refractivity (Wildman–Crippen MR) is 93.4 cm³/mol. The number of likely N-dealkylation sites (N-methyl/N-ethyl adjacent to an activating group) is 1. The molecular formula is C19H27N3O2. The van der Waals surface area contributed by atoms with E-state index in [1.165, 1.54) is 5.56 Å². The van der Waals surface area contributed by atoms with Crippen molar-refractivity contribution in [3.8, 4) is 0 Å². The lowest BCUT2D eigenvalue weighted by molar-refractivity contribution is -0.136. The fourth-order valence-corrected chi connectivity index (χ4v) is 3.81. The molecule has 2 unspecified atom stereocenters. The molecule has 0 radical (unpaired) electrons. The number of amides is 2. The van der Waals surface area contributed by atoms with Gasteiger partial charge < -0.3 is 15.1 Å². The van der Waals surface area contributed by atoms with Crippen LogP contribution in [0.15, 0.2) is 24.3 Å². The molecule has 0 saturated carbocycles. The number of carbonyl (C=O) groups excluding carboxylic acids is 2. The minimum atomic E-state index is -0.180. The van der Waals surface area contributed by atoms with Gasteiger partial charge in [0.15, 0.2) is 0 Å². The molecule has 5 heteroatoms. The van der Waals surface area contributed by atoms with Crippen LogP contribution in [0.1, 0.15) is 30.4 Å². The Balaban J connectivity index is 1.61. The molecule has 2 aliphatic rings. The van der Waals surface area contributed by atoms with E-state index in [-0.39, 0.29) is 23.8 Å². The van der Waals surface area contributed by atoms with Crippen LogP contribution < -0.4 is 5.32 Å². The standard InChI is InChI=1S/C19H27N3O2/c1-14-5-7-15(8-6-14)12-21-13-16(10-18(21)23)19(24)22-9-3-4-17(22)11-20-2/h5-8,16-17,20H,3-4,9-13H2,1-2H3. The first kappa shape index (κ1) is 17.0. The van der Waals surface area contributed by atoms with Crippen LogP contribution in [0.5, 0.6) is 0 Å². The maximum atomic E-state index is 12.8. The van der Waals surface area contributed by atoms with Crippen molar-refractivity contribution in [1.29, 1.82) is 0 Å². The summed E-state index contributed by atoms with van der Waals surface area (Å²) in [6, 6.07) is 8.52. The highest BCUT2D eigenvalue weighted by Gasteiger charge is 2.39. The van der Waals surface area contributed by atoms with Crippen LogP contribution >= 0.6 is 0 Å². The van der Waals surface area contributed by atoms with E-state index in [2.05, 4.69) is 36.5 Å². The number of nitrogens with zero attached hydrogens (tertiary/aromatic N) is 2. The minimum absolute atomic E-state index is 0.0956. The van der Waals surface area contributed by atoms with E-state index >= 15 is 0 Å². The Morgan fingerprint density at radius 1 is 1.29 bits per heavy atom. The molecule has 2 saturated heterocycles. The van der Waals surface area contributed by atoms with E-state index in [1.54, 1.807) is 0 Å². The number of rotatable bonds is 5. The number of aryl methyl sites for hydroxylation is 1. The second-order valence-corrected chi connectivity index (χ2v) is 7.05. The van der Waals surface area contributed by atoms with Gasteiger partial charge in [0.25, 0.3) is 0 Å². The molecule has 1 aromatic carbocycles. The summed E-state index contributed by atoms with van der Waals surface area (Å²) < 4.78 is 0. The zero-order chi connectivity index (χ0) is 17.1. The molecule has 0 bridgehead atoms. The number of hydrogen-bond donors (Lipinski definition) is 1. The minimum Gasteiger partial charge on any atom is -0.338 e. The first-order valence-electron chi connectivity index (χ1n) is 8.87. The van der Waals surface area contributed by atoms with Gasteiger partial charge in [-0.1, -0.05) is 29.8 Å². The van der Waals surface area contributed by atoms with E-state index in [0.717, 1.165) is 31.5 Å². The summed E-state index contributed by atoms with van der Waals surface area (Å²) in [5.41, 5.74) is 2.33. The molecule has 5 nitrogen and oxygen atoms in total. The fourth-order valence-electron chi connectivity index (χ4n) is 3.81. The average molecular weight is 329 g/mol. The largest absolute Gasteiger partial charge is 0.338 e. The average Bonchev–Trinajstić information content (AvgIpc) is 3.17. The summed E-state index contributed by atoms with van der Waals surface area (Å²) in [6.45, 7) is 4.86. The molecule has 2 heterocycles. The highest BCUT2D eigenvalue weighted by atomic mass is 16.2. The first-order chi connectivity index (χ1) is 11.6. The van der Waals surface area contributed by atoms with Crippen LogP contribution in [0.2, 0.25) is 0 Å². The van der Waals surface area contributed by atoms with Crippen molar-refractivity contribution >= 4 is 11.8 Å². The van der Waals surface area contributed by atoms with Crippen LogP contribution in [-0.2, 0) is 16.1 Å². The lowest BCUT2D eigenvalue weighted by atomic mass is 10.1.